The van der Waals surface area contributed by atoms with E-state index in [4.69, 9.17) is 9.47 Å². The maximum atomic E-state index is 12.5. The summed E-state index contributed by atoms with van der Waals surface area (Å²) in [6.45, 7) is 2.42. The Balaban J connectivity index is 1.93. The number of hydrogen-bond acceptors (Lipinski definition) is 7. The van der Waals surface area contributed by atoms with Gasteiger partial charge in [0.25, 0.3) is 11.6 Å². The van der Waals surface area contributed by atoms with E-state index in [1.807, 2.05) is 6.92 Å². The molecule has 1 N–H and O–H groups in total. The lowest BCUT2D eigenvalue weighted by Crippen LogP contribution is -2.58. The van der Waals surface area contributed by atoms with Gasteiger partial charge in [0.2, 0.25) is 5.91 Å². The first-order chi connectivity index (χ1) is 13.4. The lowest BCUT2D eigenvalue weighted by Gasteiger charge is -2.34. The third-order valence-electron chi connectivity index (χ3n) is 4.18. The maximum Gasteiger partial charge on any atom is 0.308 e. The highest BCUT2D eigenvalue weighted by molar-refractivity contribution is 5.92. The fraction of sp³-hybridized carbons (Fsp3) is 0.500. The van der Waals surface area contributed by atoms with Crippen molar-refractivity contribution < 1.29 is 28.8 Å². The third kappa shape index (κ3) is 5.93. The van der Waals surface area contributed by atoms with Crippen LogP contribution in [-0.4, -0.2) is 60.0 Å². The van der Waals surface area contributed by atoms with E-state index in [9.17, 15) is 24.5 Å². The molecule has 0 radical (unpaired) electrons. The quantitative estimate of drug-likeness (QED) is 0.287. The summed E-state index contributed by atoms with van der Waals surface area (Å²) >= 11 is 0. The average Bonchev–Trinajstić information content (AvgIpc) is 2.68. The standard InChI is InChI=1S/C18H23N3O7/c1-2-3-10-27-17(23)11-15-18(24)19-8-9-20(15)16(22)12-28-14-6-4-13(5-7-14)21(25)26/h4-7,15H,2-3,8-12H2,1H3,(H,19,24). The summed E-state index contributed by atoms with van der Waals surface area (Å²) in [5, 5.41) is 13.3. The third-order valence-corrected chi connectivity index (χ3v) is 4.18. The summed E-state index contributed by atoms with van der Waals surface area (Å²) < 4.78 is 10.4. The largest absolute Gasteiger partial charge is 0.484 e. The van der Waals surface area contributed by atoms with Crippen LogP contribution in [0.25, 0.3) is 0 Å². The summed E-state index contributed by atoms with van der Waals surface area (Å²) in [5.41, 5.74) is -0.0898. The number of carbonyl (C=O) groups is 3. The van der Waals surface area contributed by atoms with E-state index in [-0.39, 0.29) is 44.2 Å². The molecular weight excluding hydrogens is 370 g/mol. The topological polar surface area (TPSA) is 128 Å². The van der Waals surface area contributed by atoms with Crippen LogP contribution in [-0.2, 0) is 19.1 Å². The van der Waals surface area contributed by atoms with Gasteiger partial charge >= 0.3 is 5.97 Å². The number of nitrogens with one attached hydrogen (secondary N) is 1. The van der Waals surface area contributed by atoms with Gasteiger partial charge in [0, 0.05) is 25.2 Å². The second-order valence-corrected chi connectivity index (χ2v) is 6.21. The minimum Gasteiger partial charge on any atom is -0.484 e. The van der Waals surface area contributed by atoms with E-state index in [2.05, 4.69) is 5.32 Å². The Morgan fingerprint density at radius 2 is 2.04 bits per heavy atom. The molecule has 1 atom stereocenters. The van der Waals surface area contributed by atoms with Crippen molar-refractivity contribution in [1.29, 1.82) is 0 Å². The Kier molecular flexibility index (Phi) is 7.73. The minimum absolute atomic E-state index is 0.0898. The predicted octanol–water partition coefficient (Wildman–Crippen LogP) is 1.03. The van der Waals surface area contributed by atoms with Gasteiger partial charge in [-0.25, -0.2) is 0 Å². The summed E-state index contributed by atoms with van der Waals surface area (Å²) in [4.78, 5) is 48.0. The zero-order valence-electron chi connectivity index (χ0n) is 15.6. The van der Waals surface area contributed by atoms with Gasteiger partial charge in [-0.15, -0.1) is 0 Å². The molecule has 10 nitrogen and oxygen atoms in total. The normalized spacial score (nSPS) is 16.2. The van der Waals surface area contributed by atoms with Crippen LogP contribution < -0.4 is 10.1 Å². The zero-order chi connectivity index (χ0) is 20.5. The van der Waals surface area contributed by atoms with Crippen LogP contribution >= 0.6 is 0 Å². The van der Waals surface area contributed by atoms with E-state index in [1.165, 1.54) is 29.2 Å². The van der Waals surface area contributed by atoms with E-state index in [1.54, 1.807) is 0 Å². The van der Waals surface area contributed by atoms with Crippen LogP contribution in [0.1, 0.15) is 26.2 Å². The summed E-state index contributed by atoms with van der Waals surface area (Å²) in [7, 11) is 0. The molecule has 0 spiro atoms. The average molecular weight is 393 g/mol. The van der Waals surface area contributed by atoms with Crippen LogP contribution in [0.5, 0.6) is 5.75 Å². The van der Waals surface area contributed by atoms with Gasteiger partial charge < -0.3 is 19.7 Å². The fourth-order valence-corrected chi connectivity index (χ4v) is 2.66. The van der Waals surface area contributed by atoms with Gasteiger partial charge in [0.15, 0.2) is 6.61 Å². The van der Waals surface area contributed by atoms with Crippen molar-refractivity contribution in [2.75, 3.05) is 26.3 Å². The number of amides is 2. The SMILES string of the molecule is CCCCOC(=O)CC1C(=O)NCCN1C(=O)COc1ccc([N+](=O)[O-])cc1. The van der Waals surface area contributed by atoms with Crippen molar-refractivity contribution >= 4 is 23.5 Å². The summed E-state index contributed by atoms with van der Waals surface area (Å²) in [6, 6.07) is 4.36. The molecular formula is C18H23N3O7. The van der Waals surface area contributed by atoms with Crippen molar-refractivity contribution in [1.82, 2.24) is 10.2 Å². The van der Waals surface area contributed by atoms with Crippen LogP contribution in [0.4, 0.5) is 5.69 Å². The molecule has 1 saturated heterocycles. The number of esters is 1. The Morgan fingerprint density at radius 3 is 2.68 bits per heavy atom. The summed E-state index contributed by atoms with van der Waals surface area (Å²) in [6.07, 6.45) is 1.38. The molecule has 152 valence electrons. The predicted molar refractivity (Wildman–Crippen MR) is 97.6 cm³/mol. The van der Waals surface area contributed by atoms with Crippen LogP contribution in [0.15, 0.2) is 24.3 Å². The molecule has 1 aromatic rings. The second-order valence-electron chi connectivity index (χ2n) is 6.21. The van der Waals surface area contributed by atoms with Gasteiger partial charge in [-0.05, 0) is 18.6 Å². The molecule has 2 rings (SSSR count). The number of non-ortho nitro benzene ring substituents is 1. The molecule has 1 aliphatic rings. The molecule has 1 aromatic carbocycles. The van der Waals surface area contributed by atoms with Gasteiger partial charge in [0.1, 0.15) is 11.8 Å². The highest BCUT2D eigenvalue weighted by Gasteiger charge is 2.35. The van der Waals surface area contributed by atoms with Gasteiger partial charge in [0.05, 0.1) is 18.0 Å². The van der Waals surface area contributed by atoms with Crippen LogP contribution in [0, 0.1) is 10.1 Å². The first-order valence-corrected chi connectivity index (χ1v) is 9.02. The Hall–Kier alpha value is -3.17. The van der Waals surface area contributed by atoms with Crippen molar-refractivity contribution in [3.05, 3.63) is 34.4 Å². The number of benzene rings is 1. The Bertz CT molecular complexity index is 720. The number of nitro benzene ring substituents is 1. The van der Waals surface area contributed by atoms with Crippen molar-refractivity contribution in [3.63, 3.8) is 0 Å². The number of piperazine rings is 1. The van der Waals surface area contributed by atoms with Crippen molar-refractivity contribution in [2.45, 2.75) is 32.2 Å². The number of nitrogens with zero attached hydrogens (tertiary/aromatic N) is 2. The fourth-order valence-electron chi connectivity index (χ4n) is 2.66. The lowest BCUT2D eigenvalue weighted by molar-refractivity contribution is -0.384. The number of rotatable bonds is 9. The van der Waals surface area contributed by atoms with E-state index in [0.29, 0.717) is 0 Å². The number of unbranched alkanes of at least 4 members (excludes halogenated alkanes) is 1. The van der Waals surface area contributed by atoms with Gasteiger partial charge in [-0.3, -0.25) is 24.5 Å². The first-order valence-electron chi connectivity index (χ1n) is 9.02. The molecule has 1 aliphatic heterocycles. The number of ether oxygens (including phenoxy) is 2. The molecule has 28 heavy (non-hydrogen) atoms. The van der Waals surface area contributed by atoms with Gasteiger partial charge in [-0.2, -0.15) is 0 Å². The Labute approximate surface area is 161 Å². The molecule has 2 amide bonds. The van der Waals surface area contributed by atoms with E-state index < -0.39 is 28.7 Å². The minimum atomic E-state index is -0.948. The first kappa shape index (κ1) is 21.1. The molecule has 0 aliphatic carbocycles. The maximum absolute atomic E-state index is 12.5. The molecule has 0 bridgehead atoms. The Morgan fingerprint density at radius 1 is 1.32 bits per heavy atom. The molecule has 1 fully saturated rings. The van der Waals surface area contributed by atoms with Crippen molar-refractivity contribution in [3.8, 4) is 5.75 Å². The highest BCUT2D eigenvalue weighted by atomic mass is 16.6. The smallest absolute Gasteiger partial charge is 0.308 e. The van der Waals surface area contributed by atoms with Crippen molar-refractivity contribution in [2.24, 2.45) is 0 Å². The van der Waals surface area contributed by atoms with Crippen LogP contribution in [0.3, 0.4) is 0 Å². The lowest BCUT2D eigenvalue weighted by atomic mass is 10.1. The molecule has 1 unspecified atom stereocenters. The molecule has 1 heterocycles. The second kappa shape index (κ2) is 10.2. The number of nitro groups is 1. The highest BCUT2D eigenvalue weighted by Crippen LogP contribution is 2.18. The molecule has 0 aromatic heterocycles. The summed E-state index contributed by atoms with van der Waals surface area (Å²) in [5.74, 6) is -1.12. The molecule has 0 saturated carbocycles. The monoisotopic (exact) mass is 393 g/mol. The number of hydrogen-bond donors (Lipinski definition) is 1. The molecule has 10 heteroatoms. The number of carbonyl (C=O) groups excluding carboxylic acids is 3. The van der Waals surface area contributed by atoms with Crippen LogP contribution in [0.2, 0.25) is 0 Å². The van der Waals surface area contributed by atoms with E-state index in [0.717, 1.165) is 12.8 Å². The zero-order valence-corrected chi connectivity index (χ0v) is 15.6. The van der Waals surface area contributed by atoms with E-state index >= 15 is 0 Å². The van der Waals surface area contributed by atoms with Gasteiger partial charge in [-0.1, -0.05) is 13.3 Å².